The summed E-state index contributed by atoms with van der Waals surface area (Å²) in [4.78, 5) is 0. The van der Waals surface area contributed by atoms with Gasteiger partial charge in [0.05, 0.1) is 0 Å². The van der Waals surface area contributed by atoms with E-state index in [1.165, 1.54) is 6.42 Å². The Labute approximate surface area is 127 Å². The molecule has 0 spiro atoms. The van der Waals surface area contributed by atoms with Crippen LogP contribution in [0.3, 0.4) is 0 Å². The average molecular weight is 283 g/mol. The maximum atomic E-state index is 5.68. The monoisotopic (exact) mass is 283 g/mol. The van der Waals surface area contributed by atoms with E-state index in [-0.39, 0.29) is 0 Å². The van der Waals surface area contributed by atoms with Crippen LogP contribution in [-0.2, 0) is 0 Å². The molecule has 112 valence electrons. The minimum Gasteiger partial charge on any atom is -0.399 e. The van der Waals surface area contributed by atoms with Gasteiger partial charge in [-0.05, 0) is 67.8 Å². The van der Waals surface area contributed by atoms with Crippen LogP contribution in [0.2, 0.25) is 0 Å². The van der Waals surface area contributed by atoms with Gasteiger partial charge in [-0.2, -0.15) is 0 Å². The highest BCUT2D eigenvalue weighted by atomic mass is 14.9. The van der Waals surface area contributed by atoms with Gasteiger partial charge in [0.1, 0.15) is 0 Å². The molecule has 0 aliphatic heterocycles. The highest BCUT2D eigenvalue weighted by molar-refractivity contribution is 5.64. The first kappa shape index (κ1) is 15.2. The summed E-state index contributed by atoms with van der Waals surface area (Å²) in [5.41, 5.74) is 9.73. The summed E-state index contributed by atoms with van der Waals surface area (Å²) in [6, 6.07) is 16.6. The molecule has 0 amide bonds. The summed E-state index contributed by atoms with van der Waals surface area (Å²) < 4.78 is 0. The summed E-state index contributed by atoms with van der Waals surface area (Å²) in [7, 11) is 0. The van der Waals surface area contributed by atoms with Crippen LogP contribution >= 0.6 is 0 Å². The molecule has 0 heterocycles. The molecule has 1 unspecified atom stereocenters. The van der Waals surface area contributed by atoms with Gasteiger partial charge in [0, 0.05) is 28.8 Å². The summed E-state index contributed by atoms with van der Waals surface area (Å²) in [6.07, 6.45) is 1.17. The average Bonchev–Trinajstić information content (AvgIpc) is 2.42. The quantitative estimate of drug-likeness (QED) is 0.664. The van der Waals surface area contributed by atoms with Gasteiger partial charge in [-0.3, -0.25) is 0 Å². The first-order chi connectivity index (χ1) is 10.0. The molecule has 0 saturated carbocycles. The number of nitrogens with one attached hydrogen (secondary N) is 2. The summed E-state index contributed by atoms with van der Waals surface area (Å²) in [5, 5.41) is 6.89. The number of hydrogen-bond acceptors (Lipinski definition) is 3. The lowest BCUT2D eigenvalue weighted by molar-refractivity contribution is 0.540. The Balaban J connectivity index is 1.94. The Bertz CT molecular complexity index is 544. The lowest BCUT2D eigenvalue weighted by Gasteiger charge is -2.17. The lowest BCUT2D eigenvalue weighted by Crippen LogP contribution is -2.17. The molecular formula is C18H25N3. The van der Waals surface area contributed by atoms with Gasteiger partial charge in [0.25, 0.3) is 0 Å². The van der Waals surface area contributed by atoms with Crippen LogP contribution in [-0.4, -0.2) is 6.04 Å². The summed E-state index contributed by atoms with van der Waals surface area (Å²) >= 11 is 0. The van der Waals surface area contributed by atoms with Crippen molar-refractivity contribution in [2.45, 2.75) is 33.2 Å². The van der Waals surface area contributed by atoms with Crippen LogP contribution < -0.4 is 16.4 Å². The SMILES string of the molecule is CC(C)CC(C)Nc1ccc(Nc2ccc(N)cc2)cc1. The predicted molar refractivity (Wildman–Crippen MR) is 93.1 cm³/mol. The van der Waals surface area contributed by atoms with Crippen molar-refractivity contribution in [3.63, 3.8) is 0 Å². The summed E-state index contributed by atoms with van der Waals surface area (Å²) in [5.74, 6) is 0.707. The second-order valence-electron chi connectivity index (χ2n) is 6.00. The normalized spacial score (nSPS) is 12.2. The molecule has 3 heteroatoms. The van der Waals surface area contributed by atoms with Crippen molar-refractivity contribution in [1.82, 2.24) is 0 Å². The fourth-order valence-corrected chi connectivity index (χ4v) is 2.43. The zero-order valence-corrected chi connectivity index (χ0v) is 13.1. The van der Waals surface area contributed by atoms with Gasteiger partial charge in [-0.25, -0.2) is 0 Å². The highest BCUT2D eigenvalue weighted by Gasteiger charge is 2.04. The van der Waals surface area contributed by atoms with Crippen LogP contribution in [0.4, 0.5) is 22.7 Å². The van der Waals surface area contributed by atoms with E-state index in [0.29, 0.717) is 12.0 Å². The predicted octanol–water partition coefficient (Wildman–Crippen LogP) is 4.86. The zero-order valence-electron chi connectivity index (χ0n) is 13.1. The van der Waals surface area contributed by atoms with Crippen LogP contribution in [0, 0.1) is 5.92 Å². The second kappa shape index (κ2) is 7.02. The van der Waals surface area contributed by atoms with Crippen molar-refractivity contribution in [2.24, 2.45) is 5.92 Å². The number of benzene rings is 2. The van der Waals surface area contributed by atoms with Crippen molar-refractivity contribution in [2.75, 3.05) is 16.4 Å². The van der Waals surface area contributed by atoms with Gasteiger partial charge in [0.15, 0.2) is 0 Å². The fraction of sp³-hybridized carbons (Fsp3) is 0.333. The van der Waals surface area contributed by atoms with E-state index in [9.17, 15) is 0 Å². The number of nitrogens with two attached hydrogens (primary N) is 1. The molecular weight excluding hydrogens is 258 g/mol. The maximum Gasteiger partial charge on any atom is 0.0385 e. The van der Waals surface area contributed by atoms with E-state index in [1.54, 1.807) is 0 Å². The van der Waals surface area contributed by atoms with Crippen molar-refractivity contribution >= 4 is 22.7 Å². The van der Waals surface area contributed by atoms with Crippen LogP contribution in [0.25, 0.3) is 0 Å². The number of anilines is 4. The molecule has 21 heavy (non-hydrogen) atoms. The molecule has 0 saturated heterocycles. The number of hydrogen-bond donors (Lipinski definition) is 3. The van der Waals surface area contributed by atoms with E-state index in [0.717, 1.165) is 22.7 Å². The number of nitrogen functional groups attached to an aromatic ring is 1. The first-order valence-electron chi connectivity index (χ1n) is 7.52. The van der Waals surface area contributed by atoms with E-state index in [4.69, 9.17) is 5.73 Å². The smallest absolute Gasteiger partial charge is 0.0385 e. The third kappa shape index (κ3) is 5.03. The molecule has 3 nitrogen and oxygen atoms in total. The molecule has 0 fully saturated rings. The van der Waals surface area contributed by atoms with Crippen molar-refractivity contribution in [3.05, 3.63) is 48.5 Å². The Morgan fingerprint density at radius 1 is 0.810 bits per heavy atom. The highest BCUT2D eigenvalue weighted by Crippen LogP contribution is 2.20. The molecule has 0 aromatic heterocycles. The van der Waals surface area contributed by atoms with E-state index >= 15 is 0 Å². The Kier molecular flexibility index (Phi) is 5.09. The Morgan fingerprint density at radius 3 is 1.81 bits per heavy atom. The van der Waals surface area contributed by atoms with Gasteiger partial charge in [0.2, 0.25) is 0 Å². The van der Waals surface area contributed by atoms with Crippen molar-refractivity contribution < 1.29 is 0 Å². The topological polar surface area (TPSA) is 50.1 Å². The standard InChI is InChI=1S/C18H25N3/c1-13(2)12-14(3)20-16-8-10-18(11-9-16)21-17-6-4-15(19)5-7-17/h4-11,13-14,20-21H,12,19H2,1-3H3. The zero-order chi connectivity index (χ0) is 15.2. The molecule has 0 aliphatic carbocycles. The van der Waals surface area contributed by atoms with Crippen LogP contribution in [0.15, 0.2) is 48.5 Å². The molecule has 2 aromatic carbocycles. The molecule has 2 aromatic rings. The molecule has 4 N–H and O–H groups in total. The van der Waals surface area contributed by atoms with E-state index < -0.39 is 0 Å². The molecule has 0 radical (unpaired) electrons. The number of rotatable bonds is 6. The largest absolute Gasteiger partial charge is 0.399 e. The Morgan fingerprint density at radius 2 is 1.29 bits per heavy atom. The van der Waals surface area contributed by atoms with Crippen molar-refractivity contribution in [3.8, 4) is 0 Å². The van der Waals surface area contributed by atoms with Gasteiger partial charge in [-0.15, -0.1) is 0 Å². The van der Waals surface area contributed by atoms with Gasteiger partial charge in [-0.1, -0.05) is 13.8 Å². The van der Waals surface area contributed by atoms with Crippen LogP contribution in [0.1, 0.15) is 27.2 Å². The third-order valence-electron chi connectivity index (χ3n) is 3.32. The fourth-order valence-electron chi connectivity index (χ4n) is 2.43. The first-order valence-corrected chi connectivity index (χ1v) is 7.52. The van der Waals surface area contributed by atoms with E-state index in [2.05, 4.69) is 55.7 Å². The minimum atomic E-state index is 0.487. The molecule has 0 aliphatic rings. The van der Waals surface area contributed by atoms with E-state index in [1.807, 2.05) is 24.3 Å². The Hall–Kier alpha value is -2.16. The lowest BCUT2D eigenvalue weighted by atomic mass is 10.1. The third-order valence-corrected chi connectivity index (χ3v) is 3.32. The molecule has 1 atom stereocenters. The molecule has 0 bridgehead atoms. The molecule has 2 rings (SSSR count). The second-order valence-corrected chi connectivity index (χ2v) is 6.00. The summed E-state index contributed by atoms with van der Waals surface area (Å²) in [6.45, 7) is 6.72. The van der Waals surface area contributed by atoms with Crippen LogP contribution in [0.5, 0.6) is 0 Å². The van der Waals surface area contributed by atoms with Crippen molar-refractivity contribution in [1.29, 1.82) is 0 Å². The minimum absolute atomic E-state index is 0.487. The maximum absolute atomic E-state index is 5.68. The van der Waals surface area contributed by atoms with Gasteiger partial charge >= 0.3 is 0 Å². The van der Waals surface area contributed by atoms with Gasteiger partial charge < -0.3 is 16.4 Å².